The highest BCUT2D eigenvalue weighted by atomic mass is 16.4. The predicted molar refractivity (Wildman–Crippen MR) is 85.3 cm³/mol. The van der Waals surface area contributed by atoms with E-state index in [2.05, 4.69) is 36.1 Å². The predicted octanol–water partition coefficient (Wildman–Crippen LogP) is 3.44. The van der Waals surface area contributed by atoms with Gasteiger partial charge < -0.3 is 10.0 Å². The molecular formula is C18H27NO2. The lowest BCUT2D eigenvalue weighted by molar-refractivity contribution is -0.152. The van der Waals surface area contributed by atoms with Gasteiger partial charge >= 0.3 is 5.97 Å². The summed E-state index contributed by atoms with van der Waals surface area (Å²) in [7, 11) is 2.05. The van der Waals surface area contributed by atoms with E-state index in [0.29, 0.717) is 12.5 Å². The Bertz CT molecular complexity index is 450. The average molecular weight is 289 g/mol. The minimum absolute atomic E-state index is 0.530. The van der Waals surface area contributed by atoms with Crippen molar-refractivity contribution >= 4 is 5.97 Å². The van der Waals surface area contributed by atoms with Crippen molar-refractivity contribution in [1.82, 2.24) is 4.90 Å². The fourth-order valence-corrected chi connectivity index (χ4v) is 3.31. The zero-order valence-electron chi connectivity index (χ0n) is 13.2. The van der Waals surface area contributed by atoms with Gasteiger partial charge in [0.2, 0.25) is 0 Å². The van der Waals surface area contributed by atoms with E-state index in [4.69, 9.17) is 0 Å². The third-order valence-corrected chi connectivity index (χ3v) is 4.88. The zero-order valence-corrected chi connectivity index (χ0v) is 13.2. The quantitative estimate of drug-likeness (QED) is 0.872. The lowest BCUT2D eigenvalue weighted by Crippen LogP contribution is -2.44. The molecule has 21 heavy (non-hydrogen) atoms. The minimum atomic E-state index is -0.610. The highest BCUT2D eigenvalue weighted by molar-refractivity contribution is 5.75. The number of carbonyl (C=O) groups is 1. The van der Waals surface area contributed by atoms with E-state index in [-0.39, 0.29) is 0 Å². The van der Waals surface area contributed by atoms with Crippen LogP contribution in [0.3, 0.4) is 0 Å². The van der Waals surface area contributed by atoms with E-state index in [9.17, 15) is 9.90 Å². The molecule has 2 rings (SSSR count). The number of carboxylic acid groups (broad SMARTS) is 1. The molecule has 1 aliphatic rings. The van der Waals surface area contributed by atoms with Crippen molar-refractivity contribution < 1.29 is 9.90 Å². The van der Waals surface area contributed by atoms with Crippen molar-refractivity contribution in [2.45, 2.75) is 39.0 Å². The largest absolute Gasteiger partial charge is 0.481 e. The molecule has 116 valence electrons. The highest BCUT2D eigenvalue weighted by Crippen LogP contribution is 2.39. The summed E-state index contributed by atoms with van der Waals surface area (Å²) in [6.07, 6.45) is 4.69. The SMILES string of the molecule is CC1CCC(CN(C)CCc2ccccc2)(C(=O)O)CC1. The minimum Gasteiger partial charge on any atom is -0.481 e. The van der Waals surface area contributed by atoms with Gasteiger partial charge in [-0.05, 0) is 50.6 Å². The second-order valence-electron chi connectivity index (χ2n) is 6.74. The van der Waals surface area contributed by atoms with E-state index in [1.54, 1.807) is 0 Å². The third kappa shape index (κ3) is 4.31. The molecule has 0 amide bonds. The lowest BCUT2D eigenvalue weighted by atomic mass is 9.70. The summed E-state index contributed by atoms with van der Waals surface area (Å²) in [5.74, 6) is 0.0630. The summed E-state index contributed by atoms with van der Waals surface area (Å²) in [6, 6.07) is 10.4. The molecule has 0 aromatic heterocycles. The molecule has 1 aromatic carbocycles. The van der Waals surface area contributed by atoms with Crippen LogP contribution in [0.25, 0.3) is 0 Å². The number of nitrogens with zero attached hydrogens (tertiary/aromatic N) is 1. The highest BCUT2D eigenvalue weighted by Gasteiger charge is 2.41. The Labute approximate surface area is 128 Å². The van der Waals surface area contributed by atoms with E-state index in [0.717, 1.165) is 38.6 Å². The summed E-state index contributed by atoms with van der Waals surface area (Å²) < 4.78 is 0. The molecule has 1 aromatic rings. The molecule has 1 fully saturated rings. The van der Waals surface area contributed by atoms with Crippen LogP contribution < -0.4 is 0 Å². The Balaban J connectivity index is 1.90. The molecule has 0 spiro atoms. The summed E-state index contributed by atoms with van der Waals surface area (Å²) in [5, 5.41) is 9.68. The van der Waals surface area contributed by atoms with Gasteiger partial charge in [-0.25, -0.2) is 0 Å². The molecule has 1 N–H and O–H groups in total. The molecular weight excluding hydrogens is 262 g/mol. The van der Waals surface area contributed by atoms with Crippen LogP contribution in [0.1, 0.15) is 38.2 Å². The maximum atomic E-state index is 11.8. The van der Waals surface area contributed by atoms with Crippen LogP contribution in [0, 0.1) is 11.3 Å². The van der Waals surface area contributed by atoms with Crippen molar-refractivity contribution in [1.29, 1.82) is 0 Å². The average Bonchev–Trinajstić information content (AvgIpc) is 2.48. The monoisotopic (exact) mass is 289 g/mol. The van der Waals surface area contributed by atoms with Gasteiger partial charge in [0.05, 0.1) is 5.41 Å². The van der Waals surface area contributed by atoms with Crippen molar-refractivity contribution in [3.05, 3.63) is 35.9 Å². The number of hydrogen-bond donors (Lipinski definition) is 1. The molecule has 3 nitrogen and oxygen atoms in total. The van der Waals surface area contributed by atoms with Gasteiger partial charge in [-0.3, -0.25) is 4.79 Å². The van der Waals surface area contributed by atoms with Gasteiger partial charge in [-0.2, -0.15) is 0 Å². The standard InChI is InChI=1S/C18H27NO2/c1-15-8-11-18(12-9-15,17(20)21)14-19(2)13-10-16-6-4-3-5-7-16/h3-7,15H,8-14H2,1-2H3,(H,20,21). The number of hydrogen-bond acceptors (Lipinski definition) is 2. The fourth-order valence-electron chi connectivity index (χ4n) is 3.31. The third-order valence-electron chi connectivity index (χ3n) is 4.88. The van der Waals surface area contributed by atoms with Gasteiger partial charge in [0, 0.05) is 13.1 Å². The Morgan fingerprint density at radius 1 is 1.29 bits per heavy atom. The van der Waals surface area contributed by atoms with Crippen LogP contribution in [0.2, 0.25) is 0 Å². The molecule has 0 radical (unpaired) electrons. The first kappa shape index (κ1) is 16.0. The first-order valence-corrected chi connectivity index (χ1v) is 7.98. The first-order valence-electron chi connectivity index (χ1n) is 7.98. The number of rotatable bonds is 6. The van der Waals surface area contributed by atoms with Crippen LogP contribution in [-0.2, 0) is 11.2 Å². The molecule has 0 atom stereocenters. The number of aliphatic carboxylic acids is 1. The number of benzene rings is 1. The van der Waals surface area contributed by atoms with Crippen molar-refractivity contribution in [3.8, 4) is 0 Å². The van der Waals surface area contributed by atoms with E-state index in [1.165, 1.54) is 5.56 Å². The van der Waals surface area contributed by atoms with Gasteiger partial charge in [0.15, 0.2) is 0 Å². The molecule has 0 heterocycles. The van der Waals surface area contributed by atoms with Gasteiger partial charge in [0.25, 0.3) is 0 Å². The second-order valence-corrected chi connectivity index (χ2v) is 6.74. The van der Waals surface area contributed by atoms with Crippen molar-refractivity contribution in [2.24, 2.45) is 11.3 Å². The molecule has 0 saturated heterocycles. The summed E-state index contributed by atoms with van der Waals surface area (Å²) in [4.78, 5) is 14.0. The summed E-state index contributed by atoms with van der Waals surface area (Å²) in [6.45, 7) is 3.81. The van der Waals surface area contributed by atoms with Crippen LogP contribution >= 0.6 is 0 Å². The molecule has 1 aliphatic carbocycles. The molecule has 3 heteroatoms. The van der Waals surface area contributed by atoms with Crippen molar-refractivity contribution in [3.63, 3.8) is 0 Å². The fraction of sp³-hybridized carbons (Fsp3) is 0.611. The first-order chi connectivity index (χ1) is 10.0. The molecule has 0 aliphatic heterocycles. The van der Waals surface area contributed by atoms with E-state index in [1.807, 2.05) is 13.1 Å². The van der Waals surface area contributed by atoms with E-state index < -0.39 is 11.4 Å². The Morgan fingerprint density at radius 2 is 1.90 bits per heavy atom. The van der Waals surface area contributed by atoms with Crippen LogP contribution in [0.5, 0.6) is 0 Å². The second kappa shape index (κ2) is 7.08. The normalized spacial score (nSPS) is 26.0. The zero-order chi connectivity index (χ0) is 15.3. The topological polar surface area (TPSA) is 40.5 Å². The number of carboxylic acids is 1. The van der Waals surface area contributed by atoms with Crippen LogP contribution in [0.15, 0.2) is 30.3 Å². The summed E-state index contributed by atoms with van der Waals surface area (Å²) >= 11 is 0. The summed E-state index contributed by atoms with van der Waals surface area (Å²) in [5.41, 5.74) is 0.781. The van der Waals surface area contributed by atoms with Gasteiger partial charge in [-0.15, -0.1) is 0 Å². The number of likely N-dealkylation sites (N-methyl/N-ethyl adjacent to an activating group) is 1. The molecule has 0 unspecified atom stereocenters. The maximum Gasteiger partial charge on any atom is 0.310 e. The van der Waals surface area contributed by atoms with Crippen LogP contribution in [-0.4, -0.2) is 36.1 Å². The Kier molecular flexibility index (Phi) is 5.40. The lowest BCUT2D eigenvalue weighted by Gasteiger charge is -2.38. The molecule has 0 bridgehead atoms. The maximum absolute atomic E-state index is 11.8. The van der Waals surface area contributed by atoms with Crippen molar-refractivity contribution in [2.75, 3.05) is 20.1 Å². The molecule has 1 saturated carbocycles. The Morgan fingerprint density at radius 3 is 2.48 bits per heavy atom. The van der Waals surface area contributed by atoms with E-state index >= 15 is 0 Å². The Hall–Kier alpha value is -1.35. The van der Waals surface area contributed by atoms with Gasteiger partial charge in [0.1, 0.15) is 0 Å². The van der Waals surface area contributed by atoms with Gasteiger partial charge in [-0.1, -0.05) is 37.3 Å². The van der Waals surface area contributed by atoms with Crippen LogP contribution in [0.4, 0.5) is 0 Å². The smallest absolute Gasteiger partial charge is 0.310 e.